The van der Waals surface area contributed by atoms with Gasteiger partial charge in [-0.15, -0.1) is 0 Å². The summed E-state index contributed by atoms with van der Waals surface area (Å²) >= 11 is -17.2. The van der Waals surface area contributed by atoms with Crippen LogP contribution < -0.4 is 25.1 Å². The zero-order valence-electron chi connectivity index (χ0n) is 6.73. The summed E-state index contributed by atoms with van der Waals surface area (Å²) in [5, 5.41) is 0. The van der Waals surface area contributed by atoms with Gasteiger partial charge in [-0.05, 0) is 0 Å². The van der Waals surface area contributed by atoms with Gasteiger partial charge in [0.1, 0.15) is 0 Å². The third-order valence-corrected chi connectivity index (χ3v) is 0. The van der Waals surface area contributed by atoms with E-state index < -0.39 is 40.1 Å². The molecule has 0 saturated carbocycles. The van der Waals surface area contributed by atoms with Crippen molar-refractivity contribution in [1.82, 2.24) is 0 Å². The Morgan fingerprint density at radius 2 is 0.412 bits per heavy atom. The SMILES string of the molecule is O=[Se](=O)([O-])[O-].O=[Se](=O)([O-])[O-].O=[Se](=O)([O-])[O-].[Au+3].[Au+3]. The van der Waals surface area contributed by atoms with Crippen molar-refractivity contribution >= 4 is 40.1 Å². The van der Waals surface area contributed by atoms with Crippen LogP contribution in [0.5, 0.6) is 0 Å². The van der Waals surface area contributed by atoms with Crippen LogP contribution in [0.15, 0.2) is 0 Å². The normalized spacial score (nSPS) is 10.2. The van der Waals surface area contributed by atoms with Crippen molar-refractivity contribution in [3.63, 3.8) is 0 Å². The first kappa shape index (κ1) is 31.1. The van der Waals surface area contributed by atoms with E-state index in [1.807, 2.05) is 0 Å². The van der Waals surface area contributed by atoms with Crippen LogP contribution in [-0.4, -0.2) is 40.1 Å². The Balaban J connectivity index is -0.0000000400. The van der Waals surface area contributed by atoms with Crippen molar-refractivity contribution in [2.45, 2.75) is 0 Å². The fourth-order valence-electron chi connectivity index (χ4n) is 0. The molecule has 0 aliphatic rings. The molecule has 0 atom stereocenters. The monoisotopic (exact) mass is 826 g/mol. The molecule has 0 rings (SSSR count). The van der Waals surface area contributed by atoms with Gasteiger partial charge in [-0.25, -0.2) is 0 Å². The minimum absolute atomic E-state index is 0. The molecule has 0 bridgehead atoms. The van der Waals surface area contributed by atoms with Crippen molar-refractivity contribution < 1.29 is 92.9 Å². The number of rotatable bonds is 0. The van der Waals surface area contributed by atoms with Gasteiger partial charge < -0.3 is 0 Å². The molecule has 12 nitrogen and oxygen atoms in total. The summed E-state index contributed by atoms with van der Waals surface area (Å²) in [6.45, 7) is 0. The van der Waals surface area contributed by atoms with E-state index in [4.69, 9.17) is 48.1 Å². The first-order valence-electron chi connectivity index (χ1n) is 2.00. The second-order valence-corrected chi connectivity index (χ2v) is 6.36. The van der Waals surface area contributed by atoms with E-state index in [9.17, 15) is 0 Å². The third kappa shape index (κ3) is 1670. The Morgan fingerprint density at radius 1 is 0.412 bits per heavy atom. The molecule has 0 amide bonds. The molecule has 0 N–H and O–H groups in total. The van der Waals surface area contributed by atoms with Crippen LogP contribution in [-0.2, 0) is 67.8 Å². The quantitative estimate of drug-likeness (QED) is 0.207. The van der Waals surface area contributed by atoms with Gasteiger partial charge in [0, 0.05) is 0 Å². The summed E-state index contributed by atoms with van der Waals surface area (Å²) in [4.78, 5) is 0. The van der Waals surface area contributed by atoms with E-state index in [2.05, 4.69) is 0 Å². The third-order valence-electron chi connectivity index (χ3n) is 0. The van der Waals surface area contributed by atoms with Crippen LogP contribution in [0.1, 0.15) is 0 Å². The van der Waals surface area contributed by atoms with Crippen molar-refractivity contribution in [2.75, 3.05) is 0 Å². The topological polar surface area (TPSA) is 241 Å². The molecule has 0 unspecified atom stereocenters. The van der Waals surface area contributed by atoms with Crippen molar-refractivity contribution in [3.05, 3.63) is 0 Å². The first-order valence-corrected chi connectivity index (χ1v) is 10.4. The fourth-order valence-corrected chi connectivity index (χ4v) is 0. The van der Waals surface area contributed by atoms with E-state index in [-0.39, 0.29) is 44.8 Å². The predicted octanol–water partition coefficient (Wildman–Crippen LogP) is -8.99. The Morgan fingerprint density at radius 3 is 0.412 bits per heavy atom. The molecule has 17 heteroatoms. The second-order valence-electron chi connectivity index (χ2n) is 1.22. The van der Waals surface area contributed by atoms with E-state index in [0.29, 0.717) is 0 Å². The molecule has 0 aromatic heterocycles. The summed E-state index contributed by atoms with van der Waals surface area (Å²) < 4.78 is 103. The molecule has 0 radical (unpaired) electrons. The van der Waals surface area contributed by atoms with Gasteiger partial charge in [0.05, 0.1) is 0 Å². The van der Waals surface area contributed by atoms with Crippen molar-refractivity contribution in [2.24, 2.45) is 0 Å². The van der Waals surface area contributed by atoms with Crippen LogP contribution in [0.3, 0.4) is 0 Å². The molecule has 17 heavy (non-hydrogen) atoms. The molecule has 0 aromatic carbocycles. The van der Waals surface area contributed by atoms with Crippen molar-refractivity contribution in [1.29, 1.82) is 0 Å². The Kier molecular flexibility index (Phi) is 23.1. The summed E-state index contributed by atoms with van der Waals surface area (Å²) in [7, 11) is 0. The predicted molar refractivity (Wildman–Crippen MR) is 21.4 cm³/mol. The van der Waals surface area contributed by atoms with E-state index in [0.717, 1.165) is 0 Å². The van der Waals surface area contributed by atoms with Crippen LogP contribution in [0.25, 0.3) is 0 Å². The summed E-state index contributed by atoms with van der Waals surface area (Å²) in [5.41, 5.74) is 0. The number of hydrogen-bond acceptors (Lipinski definition) is 12. The minimum Gasteiger partial charge on any atom is 3.00 e. The van der Waals surface area contributed by atoms with Gasteiger partial charge in [0.15, 0.2) is 0 Å². The molecule has 0 aliphatic heterocycles. The zero-order chi connectivity index (χ0) is 13.5. The average molecular weight is 823 g/mol. The summed E-state index contributed by atoms with van der Waals surface area (Å²) in [6.07, 6.45) is 0. The summed E-state index contributed by atoms with van der Waals surface area (Å²) in [6, 6.07) is 0. The molecule has 112 valence electrons. The maximum atomic E-state index is 8.59. The molecule has 0 fully saturated rings. The first-order chi connectivity index (χ1) is 6.00. The van der Waals surface area contributed by atoms with E-state index >= 15 is 0 Å². The molecular formula is Au2O12Se3. The largest absolute Gasteiger partial charge is 3.00 e. The van der Waals surface area contributed by atoms with Crippen molar-refractivity contribution in [3.8, 4) is 0 Å². The van der Waals surface area contributed by atoms with Gasteiger partial charge in [-0.3, -0.25) is 0 Å². The van der Waals surface area contributed by atoms with Crippen LogP contribution in [0, 0.1) is 0 Å². The Hall–Kier alpha value is 1.60. The van der Waals surface area contributed by atoms with Crippen LogP contribution in [0.2, 0.25) is 0 Å². The Labute approximate surface area is 132 Å². The average Bonchev–Trinajstić information content (AvgIpc) is 1.41. The van der Waals surface area contributed by atoms with Gasteiger partial charge in [-0.1, -0.05) is 0 Å². The smallest absolute Gasteiger partial charge is 3.00 e. The van der Waals surface area contributed by atoms with Crippen LogP contribution >= 0.6 is 0 Å². The van der Waals surface area contributed by atoms with Gasteiger partial charge >= 0.3 is 133 Å². The van der Waals surface area contributed by atoms with E-state index in [1.165, 1.54) is 0 Å². The minimum atomic E-state index is -5.75. The molecule has 0 saturated heterocycles. The second kappa shape index (κ2) is 12.6. The number of hydrogen-bond donors (Lipinski definition) is 0. The van der Waals surface area contributed by atoms with Gasteiger partial charge in [0.25, 0.3) is 0 Å². The molecule has 0 heterocycles. The summed E-state index contributed by atoms with van der Waals surface area (Å²) in [5.74, 6) is 0. The van der Waals surface area contributed by atoms with Gasteiger partial charge in [-0.2, -0.15) is 0 Å². The molecule has 0 aromatic rings. The molecule has 0 aliphatic carbocycles. The van der Waals surface area contributed by atoms with Gasteiger partial charge in [0.2, 0.25) is 0 Å². The standard InChI is InChI=1S/2Au.3H2O4Se/c;;3*1-5(2,3)4/h;;3*(H2,1,2,3,4)/q2*+3;;;/p-6. The fraction of sp³-hybridized carbons (Fsp3) is 0. The maximum Gasteiger partial charge on any atom is 3.00 e. The Bertz CT molecular complexity index is 341. The zero-order valence-corrected chi connectivity index (χ0v) is 16.2. The van der Waals surface area contributed by atoms with E-state index in [1.54, 1.807) is 0 Å². The molecule has 0 spiro atoms. The molecular weight excluding hydrogens is 823 g/mol. The van der Waals surface area contributed by atoms with Crippen LogP contribution in [0.4, 0.5) is 0 Å². The maximum absolute atomic E-state index is 8.59.